The Balaban J connectivity index is 1.42. The second-order valence-electron chi connectivity index (χ2n) is 8.78. The number of nitrogens with zero attached hydrogens (tertiary/aromatic N) is 6. The molecule has 194 valence electrons. The number of hydrogen-bond donors (Lipinski definition) is 0. The van der Waals surface area contributed by atoms with Crippen molar-refractivity contribution in [1.82, 2.24) is 29.0 Å². The SMILES string of the molecule is CS(=O)(=O)N1CCN(C(=O)c2cc(/C=C/C3OCCCO3)nc(-c3ccc(-n4cccn4)cc3)n2)CC1. The summed E-state index contributed by atoms with van der Waals surface area (Å²) < 4.78 is 38.0. The minimum absolute atomic E-state index is 0.235. The van der Waals surface area contributed by atoms with Gasteiger partial charge < -0.3 is 14.4 Å². The van der Waals surface area contributed by atoms with Crippen LogP contribution in [0.2, 0.25) is 0 Å². The Bertz CT molecular complexity index is 1360. The van der Waals surface area contributed by atoms with Gasteiger partial charge in [-0.2, -0.15) is 9.40 Å². The highest BCUT2D eigenvalue weighted by molar-refractivity contribution is 7.88. The zero-order valence-electron chi connectivity index (χ0n) is 20.4. The summed E-state index contributed by atoms with van der Waals surface area (Å²) in [6, 6.07) is 11.1. The van der Waals surface area contributed by atoms with E-state index in [0.717, 1.165) is 17.7 Å². The summed E-state index contributed by atoms with van der Waals surface area (Å²) in [6.45, 7) is 2.32. The summed E-state index contributed by atoms with van der Waals surface area (Å²) in [5.74, 6) is 0.127. The fourth-order valence-corrected chi connectivity index (χ4v) is 4.98. The molecular formula is C25H28N6O5S. The van der Waals surface area contributed by atoms with E-state index in [1.807, 2.05) is 36.5 Å². The van der Waals surface area contributed by atoms with Crippen LogP contribution in [-0.2, 0) is 19.5 Å². The van der Waals surface area contributed by atoms with Crippen molar-refractivity contribution in [2.75, 3.05) is 45.6 Å². The van der Waals surface area contributed by atoms with Gasteiger partial charge in [-0.3, -0.25) is 4.79 Å². The predicted octanol–water partition coefficient (Wildman–Crippen LogP) is 1.82. The molecule has 2 aliphatic rings. The average Bonchev–Trinajstić information content (AvgIpc) is 3.47. The van der Waals surface area contributed by atoms with Crippen molar-refractivity contribution in [3.8, 4) is 17.1 Å². The molecule has 0 aliphatic carbocycles. The maximum atomic E-state index is 13.4. The van der Waals surface area contributed by atoms with Crippen LogP contribution >= 0.6 is 0 Å². The summed E-state index contributed by atoms with van der Waals surface area (Å²) in [4.78, 5) is 24.3. The van der Waals surface area contributed by atoms with Gasteiger partial charge in [0.25, 0.3) is 5.91 Å². The van der Waals surface area contributed by atoms with Crippen molar-refractivity contribution >= 4 is 22.0 Å². The number of rotatable bonds is 6. The van der Waals surface area contributed by atoms with Gasteiger partial charge in [-0.15, -0.1) is 0 Å². The number of amides is 1. The lowest BCUT2D eigenvalue weighted by atomic mass is 10.1. The minimum Gasteiger partial charge on any atom is -0.349 e. The molecule has 0 saturated carbocycles. The number of sulfonamides is 1. The normalized spacial score (nSPS) is 17.9. The van der Waals surface area contributed by atoms with Gasteiger partial charge in [0.2, 0.25) is 10.0 Å². The van der Waals surface area contributed by atoms with Crippen molar-refractivity contribution < 1.29 is 22.7 Å². The van der Waals surface area contributed by atoms with Gasteiger partial charge in [-0.05, 0) is 55.0 Å². The number of carbonyl (C=O) groups excluding carboxylic acids is 1. The van der Waals surface area contributed by atoms with Crippen LogP contribution in [0.5, 0.6) is 0 Å². The molecule has 0 unspecified atom stereocenters. The van der Waals surface area contributed by atoms with Gasteiger partial charge in [0.1, 0.15) is 5.69 Å². The number of piperazine rings is 1. The van der Waals surface area contributed by atoms with E-state index in [2.05, 4.69) is 15.1 Å². The molecule has 0 spiro atoms. The highest BCUT2D eigenvalue weighted by Crippen LogP contribution is 2.21. The molecule has 2 aromatic heterocycles. The minimum atomic E-state index is -3.30. The molecule has 0 N–H and O–H groups in total. The van der Waals surface area contributed by atoms with Crippen molar-refractivity contribution in [3.63, 3.8) is 0 Å². The van der Waals surface area contributed by atoms with Crippen LogP contribution in [0.1, 0.15) is 22.6 Å². The van der Waals surface area contributed by atoms with Crippen LogP contribution in [0.25, 0.3) is 23.2 Å². The third-order valence-electron chi connectivity index (χ3n) is 6.13. The number of aromatic nitrogens is 4. The third kappa shape index (κ3) is 6.10. The lowest BCUT2D eigenvalue weighted by Crippen LogP contribution is -2.50. The molecule has 1 aromatic carbocycles. The molecule has 0 atom stereocenters. The van der Waals surface area contributed by atoms with E-state index in [1.165, 1.54) is 10.6 Å². The molecule has 12 heteroatoms. The number of benzene rings is 1. The Morgan fingerprint density at radius 3 is 2.43 bits per heavy atom. The first-order chi connectivity index (χ1) is 17.9. The molecule has 0 radical (unpaired) electrons. The Labute approximate surface area is 215 Å². The summed E-state index contributed by atoms with van der Waals surface area (Å²) in [5.41, 5.74) is 2.40. The number of hydrogen-bond acceptors (Lipinski definition) is 8. The van der Waals surface area contributed by atoms with Crippen molar-refractivity contribution in [1.29, 1.82) is 0 Å². The van der Waals surface area contributed by atoms with Crippen molar-refractivity contribution in [3.05, 3.63) is 66.3 Å². The molecular weight excluding hydrogens is 496 g/mol. The Hall–Kier alpha value is -3.45. The van der Waals surface area contributed by atoms with Gasteiger partial charge in [-0.1, -0.05) is 0 Å². The molecule has 2 aliphatic heterocycles. The Morgan fingerprint density at radius 1 is 1.05 bits per heavy atom. The zero-order valence-corrected chi connectivity index (χ0v) is 21.2. The smallest absolute Gasteiger partial charge is 0.272 e. The van der Waals surface area contributed by atoms with Crippen LogP contribution in [0, 0.1) is 0 Å². The number of ether oxygens (including phenoxy) is 2. The van der Waals surface area contributed by atoms with Gasteiger partial charge in [0.05, 0.1) is 30.9 Å². The summed E-state index contributed by atoms with van der Waals surface area (Å²) in [7, 11) is -3.30. The predicted molar refractivity (Wildman–Crippen MR) is 136 cm³/mol. The van der Waals surface area contributed by atoms with Gasteiger partial charge in [-0.25, -0.2) is 23.1 Å². The average molecular weight is 525 g/mol. The van der Waals surface area contributed by atoms with Gasteiger partial charge in [0.15, 0.2) is 12.1 Å². The van der Waals surface area contributed by atoms with Gasteiger partial charge >= 0.3 is 0 Å². The Kier molecular flexibility index (Phi) is 7.42. The van der Waals surface area contributed by atoms with Crippen LogP contribution in [0.15, 0.2) is 54.9 Å². The monoisotopic (exact) mass is 524 g/mol. The van der Waals surface area contributed by atoms with Crippen LogP contribution in [0.4, 0.5) is 0 Å². The summed E-state index contributed by atoms with van der Waals surface area (Å²) in [5, 5.41) is 4.24. The number of carbonyl (C=O) groups is 1. The van der Waals surface area contributed by atoms with Crippen LogP contribution in [-0.4, -0.2) is 95.2 Å². The van der Waals surface area contributed by atoms with Crippen molar-refractivity contribution in [2.24, 2.45) is 0 Å². The van der Waals surface area contributed by atoms with E-state index >= 15 is 0 Å². The highest BCUT2D eigenvalue weighted by Gasteiger charge is 2.27. The molecule has 2 fully saturated rings. The molecule has 2 saturated heterocycles. The summed E-state index contributed by atoms with van der Waals surface area (Å²) in [6.07, 6.45) is 8.65. The third-order valence-corrected chi connectivity index (χ3v) is 7.43. The molecule has 3 aromatic rings. The van der Waals surface area contributed by atoms with Crippen LogP contribution < -0.4 is 0 Å². The first-order valence-corrected chi connectivity index (χ1v) is 13.9. The van der Waals surface area contributed by atoms with E-state index in [9.17, 15) is 13.2 Å². The first kappa shape index (κ1) is 25.2. The lowest BCUT2D eigenvalue weighted by Gasteiger charge is -2.33. The van der Waals surface area contributed by atoms with E-state index in [1.54, 1.807) is 34.0 Å². The second-order valence-corrected chi connectivity index (χ2v) is 10.8. The lowest BCUT2D eigenvalue weighted by molar-refractivity contribution is -0.149. The topological polar surface area (TPSA) is 120 Å². The molecule has 11 nitrogen and oxygen atoms in total. The standard InChI is InChI=1S/C25H28N6O5S/c1-37(33,34)30-14-12-29(13-15-30)25(32)22-18-20(6-9-23-35-16-3-17-36-23)27-24(28-22)19-4-7-21(8-5-19)31-11-2-10-26-31/h2,4-11,18,23H,3,12-17H2,1H3/b9-6+. The fourth-order valence-electron chi connectivity index (χ4n) is 4.15. The molecule has 4 heterocycles. The zero-order chi connectivity index (χ0) is 25.8. The van der Waals surface area contributed by atoms with Crippen LogP contribution in [0.3, 0.4) is 0 Å². The molecule has 1 amide bonds. The van der Waals surface area contributed by atoms with Crippen molar-refractivity contribution in [2.45, 2.75) is 12.7 Å². The quantitative estimate of drug-likeness (QED) is 0.479. The van der Waals surface area contributed by atoms with E-state index < -0.39 is 16.3 Å². The van der Waals surface area contributed by atoms with E-state index in [4.69, 9.17) is 9.47 Å². The largest absolute Gasteiger partial charge is 0.349 e. The second kappa shape index (κ2) is 10.9. The molecule has 5 rings (SSSR count). The molecule has 0 bridgehead atoms. The maximum absolute atomic E-state index is 13.4. The first-order valence-electron chi connectivity index (χ1n) is 12.0. The fraction of sp³-hybridized carbons (Fsp3) is 0.360. The highest BCUT2D eigenvalue weighted by atomic mass is 32.2. The molecule has 37 heavy (non-hydrogen) atoms. The maximum Gasteiger partial charge on any atom is 0.272 e. The Morgan fingerprint density at radius 2 is 1.78 bits per heavy atom. The summed E-state index contributed by atoms with van der Waals surface area (Å²) >= 11 is 0. The van der Waals surface area contributed by atoms with Gasteiger partial charge in [0, 0.05) is 44.1 Å². The van der Waals surface area contributed by atoms with E-state index in [0.29, 0.717) is 37.8 Å². The van der Waals surface area contributed by atoms with E-state index in [-0.39, 0.29) is 24.7 Å².